The van der Waals surface area contributed by atoms with Crippen LogP contribution in [0.4, 0.5) is 17.6 Å². The van der Waals surface area contributed by atoms with E-state index in [2.05, 4.69) is 0 Å². The van der Waals surface area contributed by atoms with Gasteiger partial charge in [-0.05, 0) is 30.0 Å². The molecule has 30 heavy (non-hydrogen) atoms. The van der Waals surface area contributed by atoms with Crippen molar-refractivity contribution in [1.82, 2.24) is 4.90 Å². The molecule has 0 amide bonds. The number of ether oxygens (including phenoxy) is 1. The van der Waals surface area contributed by atoms with E-state index in [4.69, 9.17) is 4.74 Å². The Balaban J connectivity index is 0.00000450. The number of likely N-dealkylation sites (tertiary alicyclic amines) is 1. The van der Waals surface area contributed by atoms with E-state index in [1.54, 1.807) is 13.8 Å². The van der Waals surface area contributed by atoms with Crippen LogP contribution in [-0.4, -0.2) is 54.3 Å². The van der Waals surface area contributed by atoms with Crippen molar-refractivity contribution in [2.75, 3.05) is 26.7 Å². The first-order valence-electron chi connectivity index (χ1n) is 9.59. The van der Waals surface area contributed by atoms with Crippen molar-refractivity contribution in [3.8, 4) is 5.75 Å². The highest BCUT2D eigenvalue weighted by molar-refractivity contribution is 5.85. The van der Waals surface area contributed by atoms with E-state index in [-0.39, 0.29) is 42.6 Å². The number of nitrogens with zero attached hydrogens (tertiary/aromatic N) is 1. The standard InChI is InChI=1S/C21H29F4NO3.ClH/c1-13-9-26(10-14(2)18(13)27)12-20(28,21(23,24)25)11-19(3,4)16-8-15(22)6-7-17(16)29-5;/h6-8,13-14,28H,9-12H2,1-5H3;1H/t13-,14+,20?;. The number of ketones is 1. The normalized spacial score (nSPS) is 22.9. The van der Waals surface area contributed by atoms with Crippen LogP contribution in [0.1, 0.15) is 39.7 Å². The fourth-order valence-electron chi connectivity index (χ4n) is 4.29. The average Bonchev–Trinajstić information content (AvgIpc) is 2.58. The molecule has 0 bridgehead atoms. The first kappa shape index (κ1) is 26.7. The topological polar surface area (TPSA) is 49.8 Å². The van der Waals surface area contributed by atoms with Crippen molar-refractivity contribution in [2.45, 2.75) is 51.3 Å². The summed E-state index contributed by atoms with van der Waals surface area (Å²) in [5.74, 6) is -1.12. The van der Waals surface area contributed by atoms with Gasteiger partial charge in [-0.3, -0.25) is 9.69 Å². The summed E-state index contributed by atoms with van der Waals surface area (Å²) in [6, 6.07) is 3.67. The molecule has 1 fully saturated rings. The molecule has 1 heterocycles. The minimum absolute atomic E-state index is 0. The Morgan fingerprint density at radius 2 is 1.70 bits per heavy atom. The summed E-state index contributed by atoms with van der Waals surface area (Å²) in [7, 11) is 1.36. The smallest absolute Gasteiger partial charge is 0.418 e. The molecule has 0 saturated carbocycles. The summed E-state index contributed by atoms with van der Waals surface area (Å²) < 4.78 is 61.0. The van der Waals surface area contributed by atoms with Crippen molar-refractivity contribution >= 4 is 18.2 Å². The number of Topliss-reactive ketones (excluding diaryl/α,β-unsaturated/α-hetero) is 1. The molecule has 9 heteroatoms. The highest BCUT2D eigenvalue weighted by Gasteiger charge is 2.57. The zero-order valence-electron chi connectivity index (χ0n) is 17.8. The number of methoxy groups -OCH3 is 1. The molecular weight excluding hydrogens is 426 g/mol. The number of aliphatic hydroxyl groups is 1. The summed E-state index contributed by atoms with van der Waals surface area (Å²) in [6.07, 6.45) is -5.59. The lowest BCUT2D eigenvalue weighted by atomic mass is 9.74. The number of hydrogen-bond acceptors (Lipinski definition) is 4. The molecule has 1 aromatic rings. The summed E-state index contributed by atoms with van der Waals surface area (Å²) >= 11 is 0. The molecule has 0 aromatic heterocycles. The van der Waals surface area contributed by atoms with E-state index in [9.17, 15) is 27.5 Å². The van der Waals surface area contributed by atoms with Crippen LogP contribution in [-0.2, 0) is 10.2 Å². The van der Waals surface area contributed by atoms with Crippen LogP contribution in [0.25, 0.3) is 0 Å². The molecule has 1 aliphatic rings. The number of rotatable bonds is 6. The van der Waals surface area contributed by atoms with Gasteiger partial charge in [-0.15, -0.1) is 12.4 Å². The summed E-state index contributed by atoms with van der Waals surface area (Å²) in [5.41, 5.74) is -4.02. The predicted molar refractivity (Wildman–Crippen MR) is 109 cm³/mol. The summed E-state index contributed by atoms with van der Waals surface area (Å²) in [6.45, 7) is 6.06. The number of piperidine rings is 1. The van der Waals surface area contributed by atoms with E-state index in [1.807, 2.05) is 0 Å². The molecular formula is C21H30ClF4NO3. The Kier molecular flexibility index (Phi) is 8.36. The van der Waals surface area contributed by atoms with Gasteiger partial charge in [0.25, 0.3) is 0 Å². The summed E-state index contributed by atoms with van der Waals surface area (Å²) in [5, 5.41) is 10.8. The maximum Gasteiger partial charge on any atom is 0.418 e. The quantitative estimate of drug-likeness (QED) is 0.647. The molecule has 0 spiro atoms. The highest BCUT2D eigenvalue weighted by Crippen LogP contribution is 2.44. The number of halogens is 5. The number of benzene rings is 1. The molecule has 1 unspecified atom stereocenters. The third kappa shape index (κ3) is 5.65. The molecule has 1 N–H and O–H groups in total. The van der Waals surface area contributed by atoms with E-state index in [0.717, 1.165) is 6.07 Å². The number of carbonyl (C=O) groups is 1. The predicted octanol–water partition coefficient (Wildman–Crippen LogP) is 4.37. The van der Waals surface area contributed by atoms with E-state index >= 15 is 0 Å². The zero-order valence-corrected chi connectivity index (χ0v) is 18.7. The van der Waals surface area contributed by atoms with E-state index in [1.165, 1.54) is 38.0 Å². The molecule has 4 nitrogen and oxygen atoms in total. The maximum atomic E-state index is 14.0. The van der Waals surface area contributed by atoms with Crippen molar-refractivity contribution in [2.24, 2.45) is 11.8 Å². The Morgan fingerprint density at radius 3 is 2.17 bits per heavy atom. The minimum atomic E-state index is -4.90. The molecule has 3 atom stereocenters. The van der Waals surface area contributed by atoms with Crippen molar-refractivity contribution in [1.29, 1.82) is 0 Å². The Hall–Kier alpha value is -1.38. The van der Waals surface area contributed by atoms with Crippen LogP contribution in [0.3, 0.4) is 0 Å². The van der Waals surface area contributed by atoms with Gasteiger partial charge >= 0.3 is 6.18 Å². The maximum absolute atomic E-state index is 14.0. The third-order valence-electron chi connectivity index (χ3n) is 5.67. The van der Waals surface area contributed by atoms with Crippen molar-refractivity contribution in [3.63, 3.8) is 0 Å². The van der Waals surface area contributed by atoms with Crippen LogP contribution in [0, 0.1) is 17.7 Å². The first-order valence-corrected chi connectivity index (χ1v) is 9.59. The van der Waals surface area contributed by atoms with Gasteiger partial charge in [-0.1, -0.05) is 27.7 Å². The molecule has 2 rings (SSSR count). The largest absolute Gasteiger partial charge is 0.496 e. The van der Waals surface area contributed by atoms with Gasteiger partial charge in [0.15, 0.2) is 5.60 Å². The molecule has 1 aromatic carbocycles. The van der Waals surface area contributed by atoms with Gasteiger partial charge in [0.05, 0.1) is 7.11 Å². The number of β-amino-alcohol motifs (C(OH)–C–C–N with tert-alkyl or cyclic N) is 1. The molecule has 1 saturated heterocycles. The molecule has 172 valence electrons. The van der Waals surface area contributed by atoms with E-state index in [0.29, 0.717) is 0 Å². The Bertz CT molecular complexity index is 742. The summed E-state index contributed by atoms with van der Waals surface area (Å²) in [4.78, 5) is 13.5. The van der Waals surface area contributed by atoms with E-state index < -0.39 is 47.8 Å². The Labute approximate surface area is 181 Å². The van der Waals surface area contributed by atoms with Gasteiger partial charge < -0.3 is 9.84 Å². The lowest BCUT2D eigenvalue weighted by molar-refractivity contribution is -0.272. The van der Waals surface area contributed by atoms with Crippen LogP contribution >= 0.6 is 12.4 Å². The fraction of sp³-hybridized carbons (Fsp3) is 0.667. The van der Waals surface area contributed by atoms with Crippen LogP contribution in [0.5, 0.6) is 5.75 Å². The van der Waals surface area contributed by atoms with Gasteiger partial charge in [-0.2, -0.15) is 13.2 Å². The Morgan fingerprint density at radius 1 is 1.17 bits per heavy atom. The highest BCUT2D eigenvalue weighted by atomic mass is 35.5. The van der Waals surface area contributed by atoms with Gasteiger partial charge in [0.1, 0.15) is 17.3 Å². The van der Waals surface area contributed by atoms with Crippen molar-refractivity contribution < 1.29 is 32.2 Å². The zero-order chi connectivity index (χ0) is 22.2. The fourth-order valence-corrected chi connectivity index (χ4v) is 4.29. The number of carbonyl (C=O) groups excluding carboxylic acids is 1. The average molecular weight is 456 g/mol. The minimum Gasteiger partial charge on any atom is -0.496 e. The van der Waals surface area contributed by atoms with Crippen LogP contribution in [0.2, 0.25) is 0 Å². The van der Waals surface area contributed by atoms with Crippen molar-refractivity contribution in [3.05, 3.63) is 29.6 Å². The van der Waals surface area contributed by atoms with Crippen LogP contribution < -0.4 is 4.74 Å². The second-order valence-corrected chi connectivity index (χ2v) is 8.83. The number of alkyl halides is 3. The molecule has 1 aliphatic heterocycles. The first-order chi connectivity index (χ1) is 13.2. The SMILES string of the molecule is COc1ccc(F)cc1C(C)(C)CC(O)(CN1C[C@@H](C)C(=O)[C@@H](C)C1)C(F)(F)F.Cl. The second kappa shape index (κ2) is 9.40. The monoisotopic (exact) mass is 455 g/mol. The van der Waals surface area contributed by atoms with Gasteiger partial charge in [0, 0.05) is 37.0 Å². The third-order valence-corrected chi connectivity index (χ3v) is 5.67. The number of hydrogen-bond donors (Lipinski definition) is 1. The lowest BCUT2D eigenvalue weighted by Crippen LogP contribution is -2.59. The second-order valence-electron chi connectivity index (χ2n) is 8.83. The lowest BCUT2D eigenvalue weighted by Gasteiger charge is -2.43. The van der Waals surface area contributed by atoms with Gasteiger partial charge in [0.2, 0.25) is 0 Å². The van der Waals surface area contributed by atoms with Crippen LogP contribution in [0.15, 0.2) is 18.2 Å². The molecule has 0 aliphatic carbocycles. The molecule has 0 radical (unpaired) electrons. The van der Waals surface area contributed by atoms with Gasteiger partial charge in [-0.25, -0.2) is 4.39 Å².